The maximum absolute atomic E-state index is 15.4. The van der Waals surface area contributed by atoms with Gasteiger partial charge in [0.15, 0.2) is 0 Å². The van der Waals surface area contributed by atoms with Gasteiger partial charge < -0.3 is 20.1 Å². The van der Waals surface area contributed by atoms with E-state index in [9.17, 15) is 14.4 Å². The van der Waals surface area contributed by atoms with Gasteiger partial charge in [0.1, 0.15) is 6.17 Å². The molecule has 43 heavy (non-hydrogen) atoms. The summed E-state index contributed by atoms with van der Waals surface area (Å²) in [6.07, 6.45) is 6.00. The van der Waals surface area contributed by atoms with Gasteiger partial charge in [0, 0.05) is 44.2 Å². The summed E-state index contributed by atoms with van der Waals surface area (Å²) >= 11 is 0. The second kappa shape index (κ2) is 12.3. The number of urea groups is 1. The summed E-state index contributed by atoms with van der Waals surface area (Å²) in [5.41, 5.74) is 8.25. The van der Waals surface area contributed by atoms with Gasteiger partial charge in [-0.1, -0.05) is 73.5 Å². The van der Waals surface area contributed by atoms with E-state index < -0.39 is 18.0 Å². The minimum atomic E-state index is -1.31. The van der Waals surface area contributed by atoms with Crippen LogP contribution < -0.4 is 11.3 Å². The molecule has 2 aromatic carbocycles. The molecule has 2 saturated heterocycles. The smallest absolute Gasteiger partial charge is 0.320 e. The van der Waals surface area contributed by atoms with E-state index in [2.05, 4.69) is 0 Å². The van der Waals surface area contributed by atoms with E-state index in [4.69, 9.17) is 5.73 Å². The van der Waals surface area contributed by atoms with Gasteiger partial charge in [-0.2, -0.15) is 0 Å². The molecule has 3 aromatic rings. The number of hydrogen-bond acceptors (Lipinski definition) is 3. The highest BCUT2D eigenvalue weighted by molar-refractivity contribution is 5.76. The molecule has 3 fully saturated rings. The summed E-state index contributed by atoms with van der Waals surface area (Å²) in [7, 11) is 0. The molecule has 3 amide bonds. The zero-order valence-electron chi connectivity index (χ0n) is 24.6. The number of benzene rings is 2. The largest absolute Gasteiger partial charge is 0.370 e. The number of alkyl halides is 1. The fourth-order valence-electron chi connectivity index (χ4n) is 7.89. The standard InChI is InChI=1S/C35H41FN4O3/c36-30-23-40(31(19-28(30)20-32(37)41)26-11-5-2-6-12-26)34(43)39-18-14-29(35(24-39)15-7-8-16-35)22-38-17-13-27(21-33(38)42)25-9-3-1-4-10-25/h1-6,9-13,17,21,28-31H,7-8,14-16,18-20,22-24H2,(H2,37,41)/t28-,29?,30?,31-/m0/s1. The van der Waals surface area contributed by atoms with Gasteiger partial charge in [-0.05, 0) is 59.8 Å². The maximum atomic E-state index is 15.4. The van der Waals surface area contributed by atoms with Crippen molar-refractivity contribution >= 4 is 11.9 Å². The van der Waals surface area contributed by atoms with Crippen molar-refractivity contribution in [3.8, 4) is 11.1 Å². The number of rotatable bonds is 6. The lowest BCUT2D eigenvalue weighted by Crippen LogP contribution is -2.57. The van der Waals surface area contributed by atoms with Crippen LogP contribution in [0.4, 0.5) is 9.18 Å². The summed E-state index contributed by atoms with van der Waals surface area (Å²) in [5.74, 6) is -0.747. The summed E-state index contributed by atoms with van der Waals surface area (Å²) in [6.45, 7) is 1.77. The molecule has 3 aliphatic rings. The number of nitrogens with zero attached hydrogens (tertiary/aromatic N) is 3. The van der Waals surface area contributed by atoms with Crippen LogP contribution in [0.3, 0.4) is 0 Å². The van der Waals surface area contributed by atoms with Crippen LogP contribution in [0.15, 0.2) is 83.8 Å². The Labute approximate surface area is 252 Å². The van der Waals surface area contributed by atoms with Crippen molar-refractivity contribution in [1.82, 2.24) is 14.4 Å². The SMILES string of the molecule is NC(=O)C[C@@H]1C[C@@H](c2ccccc2)N(C(=O)N2CCC(Cn3ccc(-c4ccccc4)cc3=O)C3(CCCC3)C2)CC1F. The molecule has 1 aliphatic carbocycles. The minimum Gasteiger partial charge on any atom is -0.370 e. The summed E-state index contributed by atoms with van der Waals surface area (Å²) in [6, 6.07) is 22.9. The highest BCUT2D eigenvalue weighted by Gasteiger charge is 2.48. The summed E-state index contributed by atoms with van der Waals surface area (Å²) in [4.78, 5) is 42.7. The predicted octanol–water partition coefficient (Wildman–Crippen LogP) is 5.79. The third-order valence-electron chi connectivity index (χ3n) is 10.2. The van der Waals surface area contributed by atoms with Gasteiger partial charge in [0.05, 0.1) is 12.6 Å². The van der Waals surface area contributed by atoms with Crippen molar-refractivity contribution in [3.63, 3.8) is 0 Å². The minimum absolute atomic E-state index is 0.00784. The number of nitrogens with two attached hydrogens (primary N) is 1. The Morgan fingerprint density at radius 1 is 0.953 bits per heavy atom. The van der Waals surface area contributed by atoms with Crippen molar-refractivity contribution in [2.75, 3.05) is 19.6 Å². The lowest BCUT2D eigenvalue weighted by atomic mass is 9.69. The lowest BCUT2D eigenvalue weighted by molar-refractivity contribution is -0.120. The van der Waals surface area contributed by atoms with Crippen LogP contribution in [0.2, 0.25) is 0 Å². The second-order valence-corrected chi connectivity index (χ2v) is 12.8. The van der Waals surface area contributed by atoms with Gasteiger partial charge in [-0.25, -0.2) is 9.18 Å². The average Bonchev–Trinajstić information content (AvgIpc) is 3.49. The first-order valence-electron chi connectivity index (χ1n) is 15.6. The highest BCUT2D eigenvalue weighted by Crippen LogP contribution is 2.50. The van der Waals surface area contributed by atoms with E-state index in [1.54, 1.807) is 11.0 Å². The third-order valence-corrected chi connectivity index (χ3v) is 10.2. The number of pyridine rings is 1. The number of hydrogen-bond donors (Lipinski definition) is 1. The van der Waals surface area contributed by atoms with Crippen LogP contribution in [0, 0.1) is 17.3 Å². The van der Waals surface area contributed by atoms with E-state index in [0.717, 1.165) is 48.8 Å². The van der Waals surface area contributed by atoms with Gasteiger partial charge in [-0.3, -0.25) is 9.59 Å². The first-order chi connectivity index (χ1) is 20.8. The van der Waals surface area contributed by atoms with Gasteiger partial charge >= 0.3 is 6.03 Å². The van der Waals surface area contributed by atoms with E-state index >= 15 is 4.39 Å². The van der Waals surface area contributed by atoms with Crippen LogP contribution in [0.25, 0.3) is 11.1 Å². The predicted molar refractivity (Wildman–Crippen MR) is 165 cm³/mol. The fourth-order valence-corrected chi connectivity index (χ4v) is 7.89. The Hall–Kier alpha value is -3.94. The van der Waals surface area contributed by atoms with E-state index in [1.807, 2.05) is 82.4 Å². The van der Waals surface area contributed by atoms with Crippen LogP contribution in [0.5, 0.6) is 0 Å². The van der Waals surface area contributed by atoms with Crippen LogP contribution in [-0.4, -0.2) is 52.1 Å². The molecule has 0 radical (unpaired) electrons. The zero-order valence-corrected chi connectivity index (χ0v) is 24.6. The quantitative estimate of drug-likeness (QED) is 0.398. The number of primary amides is 1. The van der Waals surface area contributed by atoms with Crippen LogP contribution in [0.1, 0.15) is 56.6 Å². The molecule has 7 nitrogen and oxygen atoms in total. The molecule has 2 aliphatic heterocycles. The Bertz CT molecular complexity index is 1490. The van der Waals surface area contributed by atoms with Gasteiger partial charge in [0.2, 0.25) is 5.91 Å². The van der Waals surface area contributed by atoms with Crippen molar-refractivity contribution in [2.24, 2.45) is 23.0 Å². The third kappa shape index (κ3) is 6.10. The maximum Gasteiger partial charge on any atom is 0.320 e. The number of likely N-dealkylation sites (tertiary alicyclic amines) is 2. The highest BCUT2D eigenvalue weighted by atomic mass is 19.1. The molecular weight excluding hydrogens is 543 g/mol. The first kappa shape index (κ1) is 29.1. The summed E-state index contributed by atoms with van der Waals surface area (Å²) in [5, 5.41) is 0. The Morgan fingerprint density at radius 3 is 2.33 bits per heavy atom. The molecule has 3 heterocycles. The molecule has 1 saturated carbocycles. The van der Waals surface area contributed by atoms with Gasteiger partial charge in [-0.15, -0.1) is 0 Å². The molecule has 8 heteroatoms. The number of amides is 3. The number of carbonyl (C=O) groups excluding carboxylic acids is 2. The molecule has 2 N–H and O–H groups in total. The molecular formula is C35H41FN4O3. The van der Waals surface area contributed by atoms with Crippen molar-refractivity contribution in [2.45, 2.75) is 63.7 Å². The topological polar surface area (TPSA) is 88.6 Å². The molecule has 1 spiro atoms. The summed E-state index contributed by atoms with van der Waals surface area (Å²) < 4.78 is 17.2. The van der Waals surface area contributed by atoms with Gasteiger partial charge in [0.25, 0.3) is 5.56 Å². The zero-order chi connectivity index (χ0) is 30.0. The number of aromatic nitrogens is 1. The monoisotopic (exact) mass is 584 g/mol. The molecule has 1 aromatic heterocycles. The molecule has 2 unspecified atom stereocenters. The first-order valence-corrected chi connectivity index (χ1v) is 15.6. The van der Waals surface area contributed by atoms with E-state index in [1.165, 1.54) is 0 Å². The second-order valence-electron chi connectivity index (χ2n) is 12.8. The normalized spacial score (nSPS) is 25.1. The molecule has 226 valence electrons. The van der Waals surface area contributed by atoms with E-state index in [0.29, 0.717) is 26.1 Å². The Kier molecular flexibility index (Phi) is 8.37. The lowest BCUT2D eigenvalue weighted by Gasteiger charge is -2.50. The molecule has 6 rings (SSSR count). The van der Waals surface area contributed by atoms with Crippen molar-refractivity contribution in [3.05, 3.63) is 94.9 Å². The average molecular weight is 585 g/mol. The van der Waals surface area contributed by atoms with Crippen LogP contribution >= 0.6 is 0 Å². The van der Waals surface area contributed by atoms with Crippen molar-refractivity contribution < 1.29 is 14.0 Å². The van der Waals surface area contributed by atoms with E-state index in [-0.39, 0.29) is 41.9 Å². The number of piperidine rings is 2. The molecule has 0 bridgehead atoms. The Balaban J connectivity index is 1.20. The number of halogens is 1. The molecule has 4 atom stereocenters. The Morgan fingerprint density at radius 2 is 1.65 bits per heavy atom. The number of carbonyl (C=O) groups is 2. The van der Waals surface area contributed by atoms with Crippen molar-refractivity contribution in [1.29, 1.82) is 0 Å². The van der Waals surface area contributed by atoms with Crippen LogP contribution in [-0.2, 0) is 11.3 Å². The fraction of sp³-hybridized carbons (Fsp3) is 0.457.